The van der Waals surface area contributed by atoms with Crippen LogP contribution < -0.4 is 15.0 Å². The van der Waals surface area contributed by atoms with Crippen molar-refractivity contribution in [3.05, 3.63) is 23.3 Å². The van der Waals surface area contributed by atoms with E-state index in [1.807, 2.05) is 12.1 Å². The van der Waals surface area contributed by atoms with Crippen molar-refractivity contribution >= 4 is 11.6 Å². The number of anilines is 1. The van der Waals surface area contributed by atoms with Crippen LogP contribution in [-0.2, 0) is 17.9 Å². The first-order valence-electron chi connectivity index (χ1n) is 6.98. The molecule has 1 atom stereocenters. The number of piperidine rings is 1. The predicted octanol–water partition coefficient (Wildman–Crippen LogP) is 1.18. The number of benzene rings is 1. The SMILES string of the molecule is COc1cc2c(cc1N1CCCC(C)(O)C1=O)CNC2. The van der Waals surface area contributed by atoms with Crippen LogP contribution in [-0.4, -0.2) is 30.3 Å². The Morgan fingerprint density at radius 1 is 1.35 bits per heavy atom. The predicted molar refractivity (Wildman–Crippen MR) is 75.7 cm³/mol. The van der Waals surface area contributed by atoms with Crippen LogP contribution in [0.2, 0.25) is 0 Å². The van der Waals surface area contributed by atoms with Gasteiger partial charge in [0.1, 0.15) is 11.4 Å². The Labute approximate surface area is 118 Å². The molecule has 0 aromatic heterocycles. The maximum atomic E-state index is 12.4. The summed E-state index contributed by atoms with van der Waals surface area (Å²) in [7, 11) is 1.61. The standard InChI is InChI=1S/C15H20N2O3/c1-15(19)4-3-5-17(14(15)18)12-6-10-8-16-9-11(10)7-13(12)20-2/h6-7,16,19H,3-5,8-9H2,1-2H3. The highest BCUT2D eigenvalue weighted by Gasteiger charge is 2.39. The van der Waals surface area contributed by atoms with Gasteiger partial charge in [-0.25, -0.2) is 0 Å². The van der Waals surface area contributed by atoms with Gasteiger partial charge in [0, 0.05) is 19.6 Å². The van der Waals surface area contributed by atoms with Gasteiger partial charge < -0.3 is 20.1 Å². The number of amides is 1. The highest BCUT2D eigenvalue weighted by Crippen LogP contribution is 2.37. The first-order chi connectivity index (χ1) is 9.53. The maximum Gasteiger partial charge on any atom is 0.258 e. The lowest BCUT2D eigenvalue weighted by Crippen LogP contribution is -2.52. The van der Waals surface area contributed by atoms with E-state index in [-0.39, 0.29) is 5.91 Å². The quantitative estimate of drug-likeness (QED) is 0.851. The van der Waals surface area contributed by atoms with E-state index in [1.54, 1.807) is 18.9 Å². The van der Waals surface area contributed by atoms with E-state index >= 15 is 0 Å². The van der Waals surface area contributed by atoms with Crippen LogP contribution in [0.4, 0.5) is 5.69 Å². The minimum atomic E-state index is -1.28. The van der Waals surface area contributed by atoms with Crippen molar-refractivity contribution in [3.63, 3.8) is 0 Å². The average Bonchev–Trinajstić information content (AvgIpc) is 2.87. The van der Waals surface area contributed by atoms with Gasteiger partial charge in [0.25, 0.3) is 5.91 Å². The number of carbonyl (C=O) groups is 1. The molecule has 0 radical (unpaired) electrons. The molecular weight excluding hydrogens is 256 g/mol. The summed E-state index contributed by atoms with van der Waals surface area (Å²) in [4.78, 5) is 14.1. The van der Waals surface area contributed by atoms with E-state index in [1.165, 1.54) is 11.1 Å². The molecule has 2 N–H and O–H groups in total. The third kappa shape index (κ3) is 2.07. The fourth-order valence-electron chi connectivity index (χ4n) is 3.00. The van der Waals surface area contributed by atoms with Crippen molar-refractivity contribution < 1.29 is 14.6 Å². The summed E-state index contributed by atoms with van der Waals surface area (Å²) in [6, 6.07) is 3.99. The monoisotopic (exact) mass is 276 g/mol. The van der Waals surface area contributed by atoms with Crippen molar-refractivity contribution in [2.45, 2.75) is 38.5 Å². The number of nitrogens with one attached hydrogen (secondary N) is 1. The van der Waals surface area contributed by atoms with Crippen molar-refractivity contribution in [1.29, 1.82) is 0 Å². The normalized spacial score (nSPS) is 25.8. The maximum absolute atomic E-state index is 12.4. The molecule has 0 bridgehead atoms. The minimum Gasteiger partial charge on any atom is -0.495 e. The number of nitrogens with zero attached hydrogens (tertiary/aromatic N) is 1. The van der Waals surface area contributed by atoms with Crippen LogP contribution in [0, 0.1) is 0 Å². The van der Waals surface area contributed by atoms with E-state index in [4.69, 9.17) is 4.74 Å². The van der Waals surface area contributed by atoms with Gasteiger partial charge in [-0.1, -0.05) is 0 Å². The van der Waals surface area contributed by atoms with Crippen molar-refractivity contribution in [3.8, 4) is 5.75 Å². The summed E-state index contributed by atoms with van der Waals surface area (Å²) in [5.41, 5.74) is 1.89. The van der Waals surface area contributed by atoms with E-state index < -0.39 is 5.60 Å². The Kier molecular flexibility index (Phi) is 3.18. The molecule has 108 valence electrons. The summed E-state index contributed by atoms with van der Waals surface area (Å²) in [5.74, 6) is 0.450. The molecule has 20 heavy (non-hydrogen) atoms. The Morgan fingerprint density at radius 3 is 2.75 bits per heavy atom. The molecule has 2 aliphatic heterocycles. The molecule has 1 saturated heterocycles. The molecule has 1 unspecified atom stereocenters. The van der Waals surface area contributed by atoms with Gasteiger partial charge in [0.2, 0.25) is 0 Å². The number of fused-ring (bicyclic) bond motifs is 1. The van der Waals surface area contributed by atoms with Crippen LogP contribution in [0.1, 0.15) is 30.9 Å². The summed E-state index contributed by atoms with van der Waals surface area (Å²) < 4.78 is 5.44. The van der Waals surface area contributed by atoms with Crippen molar-refractivity contribution in [2.24, 2.45) is 0 Å². The van der Waals surface area contributed by atoms with Crippen LogP contribution in [0.15, 0.2) is 12.1 Å². The Bertz CT molecular complexity index is 554. The van der Waals surface area contributed by atoms with Crippen LogP contribution in [0.3, 0.4) is 0 Å². The van der Waals surface area contributed by atoms with Crippen LogP contribution in [0.25, 0.3) is 0 Å². The molecule has 1 aromatic carbocycles. The molecule has 1 aromatic rings. The van der Waals surface area contributed by atoms with Gasteiger partial charge in [-0.2, -0.15) is 0 Å². The molecule has 0 saturated carbocycles. The summed E-state index contributed by atoms with van der Waals surface area (Å²) in [5, 5.41) is 13.5. The molecular formula is C15H20N2O3. The Hall–Kier alpha value is -1.59. The average molecular weight is 276 g/mol. The summed E-state index contributed by atoms with van der Waals surface area (Å²) >= 11 is 0. The van der Waals surface area contributed by atoms with Gasteiger partial charge in [0.15, 0.2) is 0 Å². The van der Waals surface area contributed by atoms with Gasteiger partial charge in [-0.05, 0) is 43.0 Å². The smallest absolute Gasteiger partial charge is 0.258 e. The summed E-state index contributed by atoms with van der Waals surface area (Å²) in [6.07, 6.45) is 1.30. The molecule has 2 aliphatic rings. The van der Waals surface area contributed by atoms with Crippen LogP contribution >= 0.6 is 0 Å². The molecule has 3 rings (SSSR count). The fourth-order valence-corrected chi connectivity index (χ4v) is 3.00. The number of carbonyl (C=O) groups excluding carboxylic acids is 1. The lowest BCUT2D eigenvalue weighted by molar-refractivity contribution is -0.137. The van der Waals surface area contributed by atoms with Crippen LogP contribution in [0.5, 0.6) is 5.75 Å². The number of ether oxygens (including phenoxy) is 1. The number of hydrogen-bond acceptors (Lipinski definition) is 4. The van der Waals surface area contributed by atoms with Gasteiger partial charge in [-0.15, -0.1) is 0 Å². The molecule has 0 aliphatic carbocycles. The second-order valence-electron chi connectivity index (χ2n) is 5.73. The first-order valence-corrected chi connectivity index (χ1v) is 6.98. The lowest BCUT2D eigenvalue weighted by atomic mass is 9.93. The highest BCUT2D eigenvalue weighted by molar-refractivity contribution is 6.01. The number of methoxy groups -OCH3 is 1. The van der Waals surface area contributed by atoms with Gasteiger partial charge in [0.05, 0.1) is 12.8 Å². The topological polar surface area (TPSA) is 61.8 Å². The second-order valence-corrected chi connectivity index (χ2v) is 5.73. The van der Waals surface area contributed by atoms with Gasteiger partial charge >= 0.3 is 0 Å². The molecule has 2 heterocycles. The molecule has 0 spiro atoms. The van der Waals surface area contributed by atoms with E-state index in [2.05, 4.69) is 5.32 Å². The minimum absolute atomic E-state index is 0.243. The Balaban J connectivity index is 2.03. The molecule has 5 nitrogen and oxygen atoms in total. The lowest BCUT2D eigenvalue weighted by Gasteiger charge is -2.36. The third-order valence-electron chi connectivity index (χ3n) is 4.17. The van der Waals surface area contributed by atoms with E-state index in [0.717, 1.165) is 25.2 Å². The van der Waals surface area contributed by atoms with Crippen molar-refractivity contribution in [2.75, 3.05) is 18.6 Å². The molecule has 1 amide bonds. The number of aliphatic hydroxyl groups is 1. The van der Waals surface area contributed by atoms with Crippen molar-refractivity contribution in [1.82, 2.24) is 5.32 Å². The fraction of sp³-hybridized carbons (Fsp3) is 0.533. The number of hydrogen-bond donors (Lipinski definition) is 2. The highest BCUT2D eigenvalue weighted by atomic mass is 16.5. The largest absolute Gasteiger partial charge is 0.495 e. The van der Waals surface area contributed by atoms with E-state index in [9.17, 15) is 9.90 Å². The zero-order chi connectivity index (χ0) is 14.3. The van der Waals surface area contributed by atoms with E-state index in [0.29, 0.717) is 18.7 Å². The summed E-state index contributed by atoms with van der Waals surface area (Å²) in [6.45, 7) is 3.85. The molecule has 5 heteroatoms. The number of rotatable bonds is 2. The second kappa shape index (κ2) is 4.75. The zero-order valence-electron chi connectivity index (χ0n) is 11.9. The van der Waals surface area contributed by atoms with Gasteiger partial charge in [-0.3, -0.25) is 4.79 Å². The zero-order valence-corrected chi connectivity index (χ0v) is 11.9. The third-order valence-corrected chi connectivity index (χ3v) is 4.17. The Morgan fingerprint density at radius 2 is 2.05 bits per heavy atom. The first kappa shape index (κ1) is 13.4. The molecule has 1 fully saturated rings.